The molecule has 0 saturated carbocycles. The molecule has 1 aromatic rings. The molecular formula is C11H12Cl3NO2. The second-order valence-corrected chi connectivity index (χ2v) is 4.64. The molecule has 17 heavy (non-hydrogen) atoms. The van der Waals surface area contributed by atoms with Gasteiger partial charge in [0, 0.05) is 19.0 Å². The lowest BCUT2D eigenvalue weighted by atomic mass is 9.89. The molecule has 94 valence electrons. The number of carboxylic acids is 1. The smallest absolute Gasteiger partial charge is 0.308 e. The fraction of sp³-hybridized carbons (Fsp3) is 0.364. The third kappa shape index (κ3) is 2.86. The van der Waals surface area contributed by atoms with Crippen molar-refractivity contribution in [3.8, 4) is 0 Å². The fourth-order valence-corrected chi connectivity index (χ4v) is 2.52. The largest absolute Gasteiger partial charge is 0.481 e. The summed E-state index contributed by atoms with van der Waals surface area (Å²) >= 11 is 12.0. The SMILES string of the molecule is Cl.O=C(O)[C@@H]1CNC[C@H]1c1cccc(Cl)c1Cl. The Kier molecular flexibility index (Phi) is 5.07. The predicted molar refractivity (Wildman–Crippen MR) is 70.4 cm³/mol. The lowest BCUT2D eigenvalue weighted by Gasteiger charge is -2.16. The summed E-state index contributed by atoms with van der Waals surface area (Å²) in [6.45, 7) is 1.10. The highest BCUT2D eigenvalue weighted by molar-refractivity contribution is 6.42. The van der Waals surface area contributed by atoms with Crippen LogP contribution in [0.25, 0.3) is 0 Å². The van der Waals surface area contributed by atoms with Crippen LogP contribution < -0.4 is 5.32 Å². The number of hydrogen-bond donors (Lipinski definition) is 2. The average molecular weight is 297 g/mol. The Hall–Kier alpha value is -0.480. The van der Waals surface area contributed by atoms with E-state index in [2.05, 4.69) is 5.32 Å². The number of carbonyl (C=O) groups is 1. The molecule has 0 aliphatic carbocycles. The highest BCUT2D eigenvalue weighted by Crippen LogP contribution is 2.36. The van der Waals surface area contributed by atoms with Crippen molar-refractivity contribution in [3.63, 3.8) is 0 Å². The van der Waals surface area contributed by atoms with E-state index in [1.165, 1.54) is 0 Å². The van der Waals surface area contributed by atoms with E-state index in [0.717, 1.165) is 5.56 Å². The summed E-state index contributed by atoms with van der Waals surface area (Å²) in [5.74, 6) is -1.34. The second kappa shape index (κ2) is 5.91. The van der Waals surface area contributed by atoms with E-state index in [4.69, 9.17) is 28.3 Å². The summed E-state index contributed by atoms with van der Waals surface area (Å²) < 4.78 is 0. The number of carboxylic acid groups (broad SMARTS) is 1. The lowest BCUT2D eigenvalue weighted by Crippen LogP contribution is -2.21. The van der Waals surface area contributed by atoms with Crippen LogP contribution in [0.5, 0.6) is 0 Å². The van der Waals surface area contributed by atoms with Crippen molar-refractivity contribution in [1.29, 1.82) is 0 Å². The number of nitrogens with one attached hydrogen (secondary N) is 1. The zero-order valence-corrected chi connectivity index (χ0v) is 11.1. The maximum absolute atomic E-state index is 11.1. The van der Waals surface area contributed by atoms with Gasteiger partial charge < -0.3 is 10.4 Å². The Labute approximate surface area is 116 Å². The predicted octanol–water partition coefficient (Wildman–Crippen LogP) is 2.80. The third-order valence-electron chi connectivity index (χ3n) is 2.91. The number of halogens is 3. The van der Waals surface area contributed by atoms with Crippen molar-refractivity contribution in [2.75, 3.05) is 13.1 Å². The Morgan fingerprint density at radius 1 is 1.35 bits per heavy atom. The maximum Gasteiger partial charge on any atom is 0.308 e. The molecule has 1 aliphatic rings. The Morgan fingerprint density at radius 3 is 2.71 bits per heavy atom. The Balaban J connectivity index is 0.00000144. The van der Waals surface area contributed by atoms with Gasteiger partial charge in [0.15, 0.2) is 0 Å². The summed E-state index contributed by atoms with van der Waals surface area (Å²) in [6.07, 6.45) is 0. The molecule has 0 radical (unpaired) electrons. The number of aliphatic carboxylic acids is 1. The summed E-state index contributed by atoms with van der Waals surface area (Å²) in [6, 6.07) is 5.33. The van der Waals surface area contributed by atoms with Crippen molar-refractivity contribution in [2.24, 2.45) is 5.92 Å². The fourth-order valence-electron chi connectivity index (χ4n) is 2.07. The van der Waals surface area contributed by atoms with Gasteiger partial charge in [-0.3, -0.25) is 4.79 Å². The van der Waals surface area contributed by atoms with E-state index in [1.807, 2.05) is 6.07 Å². The van der Waals surface area contributed by atoms with Crippen molar-refractivity contribution in [1.82, 2.24) is 5.32 Å². The molecule has 1 aliphatic heterocycles. The first-order valence-electron chi connectivity index (χ1n) is 4.98. The number of rotatable bonds is 2. The maximum atomic E-state index is 11.1. The number of hydrogen-bond acceptors (Lipinski definition) is 2. The summed E-state index contributed by atoms with van der Waals surface area (Å²) in [5.41, 5.74) is 0.812. The van der Waals surface area contributed by atoms with Gasteiger partial charge in [0.25, 0.3) is 0 Å². The molecule has 2 N–H and O–H groups in total. The molecule has 1 fully saturated rings. The van der Waals surface area contributed by atoms with Crippen molar-refractivity contribution < 1.29 is 9.90 Å². The molecule has 1 aromatic carbocycles. The van der Waals surface area contributed by atoms with Crippen LogP contribution in [-0.2, 0) is 4.79 Å². The molecule has 2 rings (SSSR count). The molecule has 0 spiro atoms. The minimum absolute atomic E-state index is 0. The van der Waals surface area contributed by atoms with Crippen molar-refractivity contribution in [2.45, 2.75) is 5.92 Å². The third-order valence-corrected chi connectivity index (χ3v) is 3.75. The minimum Gasteiger partial charge on any atom is -0.481 e. The van der Waals surface area contributed by atoms with Gasteiger partial charge in [-0.15, -0.1) is 12.4 Å². The molecule has 0 amide bonds. The first-order chi connectivity index (χ1) is 7.61. The number of benzene rings is 1. The van der Waals surface area contributed by atoms with Crippen LogP contribution in [0.2, 0.25) is 10.0 Å². The van der Waals surface area contributed by atoms with Crippen molar-refractivity contribution in [3.05, 3.63) is 33.8 Å². The van der Waals surface area contributed by atoms with Gasteiger partial charge in [-0.1, -0.05) is 35.3 Å². The molecule has 0 aromatic heterocycles. The normalized spacial score (nSPS) is 23.2. The van der Waals surface area contributed by atoms with Gasteiger partial charge >= 0.3 is 5.97 Å². The summed E-state index contributed by atoms with van der Waals surface area (Å²) in [4.78, 5) is 11.1. The van der Waals surface area contributed by atoms with Gasteiger partial charge in [-0.25, -0.2) is 0 Å². The zero-order valence-electron chi connectivity index (χ0n) is 8.82. The average Bonchev–Trinajstić information content (AvgIpc) is 2.70. The van der Waals surface area contributed by atoms with Crippen molar-refractivity contribution >= 4 is 41.6 Å². The Morgan fingerprint density at radius 2 is 2.06 bits per heavy atom. The topological polar surface area (TPSA) is 49.3 Å². The van der Waals surface area contributed by atoms with Crippen LogP contribution in [0, 0.1) is 5.92 Å². The minimum atomic E-state index is -0.800. The molecule has 3 nitrogen and oxygen atoms in total. The van der Waals surface area contributed by atoms with E-state index in [1.54, 1.807) is 12.1 Å². The first kappa shape index (κ1) is 14.6. The molecule has 6 heteroatoms. The van der Waals surface area contributed by atoms with Crippen LogP contribution in [0.15, 0.2) is 18.2 Å². The van der Waals surface area contributed by atoms with E-state index in [0.29, 0.717) is 23.1 Å². The van der Waals surface area contributed by atoms with Crippen LogP contribution in [0.4, 0.5) is 0 Å². The first-order valence-corrected chi connectivity index (χ1v) is 5.74. The van der Waals surface area contributed by atoms with Gasteiger partial charge in [0.1, 0.15) is 0 Å². The van der Waals surface area contributed by atoms with E-state index < -0.39 is 11.9 Å². The van der Waals surface area contributed by atoms with E-state index in [-0.39, 0.29) is 18.3 Å². The van der Waals surface area contributed by atoms with E-state index >= 15 is 0 Å². The lowest BCUT2D eigenvalue weighted by molar-refractivity contribution is -0.141. The summed E-state index contributed by atoms with van der Waals surface area (Å²) in [5, 5.41) is 13.1. The van der Waals surface area contributed by atoms with Gasteiger partial charge in [-0.05, 0) is 11.6 Å². The van der Waals surface area contributed by atoms with Crippen LogP contribution >= 0.6 is 35.6 Å². The molecule has 2 atom stereocenters. The highest BCUT2D eigenvalue weighted by atomic mass is 35.5. The second-order valence-electron chi connectivity index (χ2n) is 3.85. The molecule has 0 bridgehead atoms. The zero-order chi connectivity index (χ0) is 11.7. The Bertz CT molecular complexity index is 425. The molecular weight excluding hydrogens is 284 g/mol. The van der Waals surface area contributed by atoms with Crippen LogP contribution in [0.1, 0.15) is 11.5 Å². The standard InChI is InChI=1S/C11H11Cl2NO2.ClH/c12-9-3-1-2-6(10(9)13)7-4-14-5-8(7)11(15)16;/h1-3,7-8,14H,4-5H2,(H,15,16);1H/t7-,8+;/m0./s1. The molecule has 1 saturated heterocycles. The quantitative estimate of drug-likeness (QED) is 0.882. The van der Waals surface area contributed by atoms with Crippen LogP contribution in [0.3, 0.4) is 0 Å². The van der Waals surface area contributed by atoms with Gasteiger partial charge in [0.2, 0.25) is 0 Å². The van der Waals surface area contributed by atoms with E-state index in [9.17, 15) is 4.79 Å². The highest BCUT2D eigenvalue weighted by Gasteiger charge is 2.35. The molecule has 1 heterocycles. The van der Waals surface area contributed by atoms with Gasteiger partial charge in [-0.2, -0.15) is 0 Å². The van der Waals surface area contributed by atoms with Crippen LogP contribution in [-0.4, -0.2) is 24.2 Å². The van der Waals surface area contributed by atoms with Gasteiger partial charge in [0.05, 0.1) is 16.0 Å². The summed E-state index contributed by atoms with van der Waals surface area (Å²) in [7, 11) is 0. The monoisotopic (exact) mass is 295 g/mol. The molecule has 0 unspecified atom stereocenters.